The van der Waals surface area contributed by atoms with Crippen LogP contribution in [0.15, 0.2) is 66.3 Å². The van der Waals surface area contributed by atoms with Gasteiger partial charge in [0.15, 0.2) is 5.65 Å². The zero-order valence-corrected chi connectivity index (χ0v) is 17.0. The highest BCUT2D eigenvalue weighted by Gasteiger charge is 2.15. The molecule has 4 nitrogen and oxygen atoms in total. The monoisotopic (exact) mass is 404 g/mol. The van der Waals surface area contributed by atoms with Crippen LogP contribution in [-0.4, -0.2) is 19.2 Å². The number of aryl methyl sites for hydroxylation is 2. The lowest BCUT2D eigenvalue weighted by Crippen LogP contribution is -1.98. The minimum Gasteiger partial charge on any atom is -0.317 e. The van der Waals surface area contributed by atoms with E-state index in [2.05, 4.69) is 47.0 Å². The Labute approximate surface area is 171 Å². The molecule has 0 fully saturated rings. The fraction of sp³-hybridized carbons (Fsp3) is 0.0909. The van der Waals surface area contributed by atoms with Gasteiger partial charge in [-0.2, -0.15) is 5.10 Å². The van der Waals surface area contributed by atoms with Gasteiger partial charge in [0.25, 0.3) is 0 Å². The second kappa shape index (κ2) is 6.62. The summed E-state index contributed by atoms with van der Waals surface area (Å²) in [6, 6.07) is 16.2. The van der Waals surface area contributed by atoms with Crippen LogP contribution in [0, 0.1) is 13.8 Å². The van der Waals surface area contributed by atoms with Crippen LogP contribution in [0.5, 0.6) is 0 Å². The Morgan fingerprint density at radius 1 is 0.964 bits per heavy atom. The summed E-state index contributed by atoms with van der Waals surface area (Å²) in [5.41, 5.74) is 7.32. The molecule has 5 aromatic rings. The van der Waals surface area contributed by atoms with E-state index in [4.69, 9.17) is 16.7 Å². The highest BCUT2D eigenvalue weighted by Crippen LogP contribution is 2.34. The lowest BCUT2D eigenvalue weighted by Gasteiger charge is -2.09. The summed E-state index contributed by atoms with van der Waals surface area (Å²) in [5, 5.41) is 7.63. The van der Waals surface area contributed by atoms with Crippen LogP contribution < -0.4 is 0 Å². The molecule has 0 saturated heterocycles. The molecule has 28 heavy (non-hydrogen) atoms. The van der Waals surface area contributed by atoms with E-state index in [1.807, 2.05) is 47.2 Å². The van der Waals surface area contributed by atoms with E-state index in [0.717, 1.165) is 33.0 Å². The van der Waals surface area contributed by atoms with E-state index in [-0.39, 0.29) is 0 Å². The van der Waals surface area contributed by atoms with Crippen molar-refractivity contribution >= 4 is 28.6 Å². The number of aromatic nitrogens is 4. The van der Waals surface area contributed by atoms with Crippen molar-refractivity contribution in [3.63, 3.8) is 0 Å². The Morgan fingerprint density at radius 3 is 2.57 bits per heavy atom. The number of nitrogens with zero attached hydrogens (tertiary/aromatic N) is 4. The third-order valence-corrected chi connectivity index (χ3v) is 6.02. The fourth-order valence-electron chi connectivity index (χ4n) is 3.52. The summed E-state index contributed by atoms with van der Waals surface area (Å²) < 4.78 is 4.10. The van der Waals surface area contributed by atoms with Crippen molar-refractivity contribution in [1.29, 1.82) is 0 Å². The fourth-order valence-corrected chi connectivity index (χ4v) is 4.55. The first kappa shape index (κ1) is 17.2. The smallest absolute Gasteiger partial charge is 0.155 e. The van der Waals surface area contributed by atoms with Crippen LogP contribution in [0.4, 0.5) is 0 Å². The Kier molecular flexibility index (Phi) is 4.07. The van der Waals surface area contributed by atoms with Gasteiger partial charge in [-0.1, -0.05) is 23.7 Å². The van der Waals surface area contributed by atoms with Crippen LogP contribution in [0.2, 0.25) is 5.02 Å². The number of hydrogen-bond acceptors (Lipinski definition) is 3. The van der Waals surface area contributed by atoms with Crippen LogP contribution in [0.25, 0.3) is 33.0 Å². The number of halogens is 1. The maximum absolute atomic E-state index is 6.13. The first-order valence-electron chi connectivity index (χ1n) is 8.95. The summed E-state index contributed by atoms with van der Waals surface area (Å²) in [4.78, 5) is 5.74. The number of hydrogen-bond donors (Lipinski definition) is 0. The molecule has 6 heteroatoms. The second-order valence-electron chi connectivity index (χ2n) is 6.77. The predicted molar refractivity (Wildman–Crippen MR) is 116 cm³/mol. The van der Waals surface area contributed by atoms with Crippen molar-refractivity contribution in [2.75, 3.05) is 0 Å². The summed E-state index contributed by atoms with van der Waals surface area (Å²) in [7, 11) is 0. The lowest BCUT2D eigenvalue weighted by atomic mass is 10.1. The van der Waals surface area contributed by atoms with Crippen LogP contribution in [-0.2, 0) is 0 Å². The van der Waals surface area contributed by atoms with Crippen molar-refractivity contribution in [2.24, 2.45) is 0 Å². The molecular formula is C22H17ClN4S. The molecule has 0 saturated carbocycles. The Bertz CT molecular complexity index is 1290. The minimum absolute atomic E-state index is 0.708. The van der Waals surface area contributed by atoms with E-state index < -0.39 is 0 Å². The topological polar surface area (TPSA) is 35.1 Å². The van der Waals surface area contributed by atoms with Crippen molar-refractivity contribution in [1.82, 2.24) is 19.2 Å². The maximum Gasteiger partial charge on any atom is 0.155 e. The third-order valence-electron chi connectivity index (χ3n) is 4.86. The summed E-state index contributed by atoms with van der Waals surface area (Å²) in [6.45, 7) is 4.24. The molecule has 0 bridgehead atoms. The third kappa shape index (κ3) is 2.84. The van der Waals surface area contributed by atoms with Gasteiger partial charge < -0.3 is 4.57 Å². The lowest BCUT2D eigenvalue weighted by molar-refractivity contribution is 0.940. The molecule has 138 valence electrons. The van der Waals surface area contributed by atoms with Gasteiger partial charge in [0.1, 0.15) is 5.69 Å². The molecule has 0 radical (unpaired) electrons. The van der Waals surface area contributed by atoms with Gasteiger partial charge in [-0.05, 0) is 55.1 Å². The number of benzene rings is 1. The van der Waals surface area contributed by atoms with Gasteiger partial charge in [0.2, 0.25) is 0 Å². The quantitative estimate of drug-likeness (QED) is 0.359. The Morgan fingerprint density at radius 2 is 1.79 bits per heavy atom. The standard InChI is InChI=1S/C22H17ClN4S/c1-14-6-7-15(2)27(14)20-8-9-28-22(20)19-11-21-24-12-17(13-26(21)25-19)16-4-3-5-18(23)10-16/h3-13H,1-2H3. The SMILES string of the molecule is Cc1ccc(C)n1-c1ccsc1-c1cc2ncc(-c3cccc(Cl)c3)cn2n1. The van der Waals surface area contributed by atoms with Crippen LogP contribution in [0.1, 0.15) is 11.4 Å². The van der Waals surface area contributed by atoms with Gasteiger partial charge in [-0.25, -0.2) is 9.50 Å². The molecule has 1 aromatic carbocycles. The van der Waals surface area contributed by atoms with E-state index in [0.29, 0.717) is 5.02 Å². The van der Waals surface area contributed by atoms with Gasteiger partial charge >= 0.3 is 0 Å². The molecule has 0 aliphatic rings. The van der Waals surface area contributed by atoms with Gasteiger partial charge in [-0.3, -0.25) is 0 Å². The highest BCUT2D eigenvalue weighted by molar-refractivity contribution is 7.14. The molecule has 4 heterocycles. The molecule has 0 aliphatic heterocycles. The molecular weight excluding hydrogens is 388 g/mol. The van der Waals surface area contributed by atoms with E-state index >= 15 is 0 Å². The van der Waals surface area contributed by atoms with Gasteiger partial charge in [0.05, 0.1) is 10.6 Å². The highest BCUT2D eigenvalue weighted by atomic mass is 35.5. The summed E-state index contributed by atoms with van der Waals surface area (Å²) >= 11 is 7.83. The zero-order valence-electron chi connectivity index (χ0n) is 15.4. The molecule has 0 N–H and O–H groups in total. The summed E-state index contributed by atoms with van der Waals surface area (Å²) in [5.74, 6) is 0. The molecule has 0 amide bonds. The molecule has 0 spiro atoms. The summed E-state index contributed by atoms with van der Waals surface area (Å²) in [6.07, 6.45) is 3.86. The second-order valence-corrected chi connectivity index (χ2v) is 8.12. The van der Waals surface area contributed by atoms with Gasteiger partial charge in [-0.15, -0.1) is 11.3 Å². The van der Waals surface area contributed by atoms with Gasteiger partial charge in [0, 0.05) is 40.4 Å². The number of thiophene rings is 1. The molecule has 4 aromatic heterocycles. The van der Waals surface area contributed by atoms with Crippen molar-refractivity contribution in [3.8, 4) is 27.4 Å². The Balaban J connectivity index is 1.61. The normalized spacial score (nSPS) is 11.4. The number of rotatable bonds is 3. The minimum atomic E-state index is 0.708. The number of fused-ring (bicyclic) bond motifs is 1. The van der Waals surface area contributed by atoms with E-state index in [1.165, 1.54) is 11.4 Å². The maximum atomic E-state index is 6.13. The van der Waals surface area contributed by atoms with Crippen molar-refractivity contribution in [2.45, 2.75) is 13.8 Å². The molecule has 0 atom stereocenters. The van der Waals surface area contributed by atoms with Crippen LogP contribution in [0.3, 0.4) is 0 Å². The molecule has 5 rings (SSSR count). The van der Waals surface area contributed by atoms with E-state index in [9.17, 15) is 0 Å². The zero-order chi connectivity index (χ0) is 19.3. The average molecular weight is 405 g/mol. The predicted octanol–water partition coefficient (Wildman–Crippen LogP) is 6.19. The largest absolute Gasteiger partial charge is 0.317 e. The van der Waals surface area contributed by atoms with E-state index in [1.54, 1.807) is 11.3 Å². The average Bonchev–Trinajstić information content (AvgIpc) is 3.39. The first-order valence-corrected chi connectivity index (χ1v) is 10.2. The van der Waals surface area contributed by atoms with Crippen molar-refractivity contribution in [3.05, 3.63) is 82.7 Å². The van der Waals surface area contributed by atoms with Crippen molar-refractivity contribution < 1.29 is 0 Å². The first-order chi connectivity index (χ1) is 13.6. The Hall–Kier alpha value is -2.89. The molecule has 0 unspecified atom stereocenters. The molecule has 0 aliphatic carbocycles. The van der Waals surface area contributed by atoms with Crippen LogP contribution >= 0.6 is 22.9 Å².